The number of hydrogen-bond acceptors (Lipinski definition) is 2. The molecule has 0 aromatic heterocycles. The van der Waals surface area contributed by atoms with Crippen LogP contribution in [0.1, 0.15) is 36.2 Å². The van der Waals surface area contributed by atoms with E-state index < -0.39 is 5.54 Å². The molecule has 1 aromatic carbocycles. The van der Waals surface area contributed by atoms with E-state index in [1.165, 1.54) is 0 Å². The molecule has 1 rings (SSSR count). The minimum Gasteiger partial charge on any atom is -0.396 e. The third kappa shape index (κ3) is 3.72. The van der Waals surface area contributed by atoms with Crippen molar-refractivity contribution >= 4 is 17.5 Å². The molecule has 0 aliphatic carbocycles. The number of aliphatic hydroxyl groups excluding tert-OH is 1. The first-order valence-corrected chi connectivity index (χ1v) is 5.93. The lowest BCUT2D eigenvalue weighted by Crippen LogP contribution is -2.44. The molecule has 0 fully saturated rings. The molecule has 0 aliphatic rings. The van der Waals surface area contributed by atoms with Gasteiger partial charge in [0.1, 0.15) is 0 Å². The molecule has 0 aliphatic heterocycles. The standard InChI is InChI=1S/C13H18ClNO2/c1-9-10(5-4-6-11(9)14)12(17)15-13(2,3)7-8-16/h4-6,16H,7-8H2,1-3H3,(H,15,17). The van der Waals surface area contributed by atoms with Gasteiger partial charge in [-0.3, -0.25) is 4.79 Å². The van der Waals surface area contributed by atoms with Gasteiger partial charge in [-0.05, 0) is 44.9 Å². The summed E-state index contributed by atoms with van der Waals surface area (Å²) in [6.45, 7) is 5.61. The van der Waals surface area contributed by atoms with Crippen molar-refractivity contribution in [2.24, 2.45) is 0 Å². The van der Waals surface area contributed by atoms with Crippen molar-refractivity contribution in [2.45, 2.75) is 32.7 Å². The van der Waals surface area contributed by atoms with Gasteiger partial charge in [0.15, 0.2) is 0 Å². The van der Waals surface area contributed by atoms with Gasteiger partial charge in [0.05, 0.1) is 0 Å². The van der Waals surface area contributed by atoms with Crippen molar-refractivity contribution in [1.82, 2.24) is 5.32 Å². The molecule has 2 N–H and O–H groups in total. The van der Waals surface area contributed by atoms with Crippen LogP contribution < -0.4 is 5.32 Å². The van der Waals surface area contributed by atoms with Crippen LogP contribution in [0.2, 0.25) is 5.02 Å². The van der Waals surface area contributed by atoms with Gasteiger partial charge in [0.2, 0.25) is 0 Å². The Morgan fingerprint density at radius 1 is 1.47 bits per heavy atom. The molecule has 3 nitrogen and oxygen atoms in total. The summed E-state index contributed by atoms with van der Waals surface area (Å²) < 4.78 is 0. The Hall–Kier alpha value is -1.06. The molecule has 0 heterocycles. The van der Waals surface area contributed by atoms with E-state index in [9.17, 15) is 4.79 Å². The van der Waals surface area contributed by atoms with E-state index in [1.807, 2.05) is 20.8 Å². The summed E-state index contributed by atoms with van der Waals surface area (Å²) in [7, 11) is 0. The quantitative estimate of drug-likeness (QED) is 0.869. The molecule has 0 atom stereocenters. The molecule has 0 radical (unpaired) electrons. The van der Waals surface area contributed by atoms with Crippen LogP contribution in [0.25, 0.3) is 0 Å². The van der Waals surface area contributed by atoms with E-state index in [-0.39, 0.29) is 12.5 Å². The van der Waals surface area contributed by atoms with E-state index >= 15 is 0 Å². The highest BCUT2D eigenvalue weighted by molar-refractivity contribution is 6.31. The predicted octanol–water partition coefficient (Wildman–Crippen LogP) is 2.54. The van der Waals surface area contributed by atoms with Crippen LogP contribution in [-0.2, 0) is 0 Å². The highest BCUT2D eigenvalue weighted by atomic mass is 35.5. The summed E-state index contributed by atoms with van der Waals surface area (Å²) in [5.74, 6) is -0.163. The van der Waals surface area contributed by atoms with Crippen molar-refractivity contribution in [2.75, 3.05) is 6.61 Å². The number of benzene rings is 1. The number of nitrogens with one attached hydrogen (secondary N) is 1. The smallest absolute Gasteiger partial charge is 0.252 e. The van der Waals surface area contributed by atoms with Gasteiger partial charge < -0.3 is 10.4 Å². The van der Waals surface area contributed by atoms with Gasteiger partial charge >= 0.3 is 0 Å². The Labute approximate surface area is 107 Å². The normalized spacial score (nSPS) is 11.4. The predicted molar refractivity (Wildman–Crippen MR) is 69.4 cm³/mol. The zero-order chi connectivity index (χ0) is 13.1. The summed E-state index contributed by atoms with van der Waals surface area (Å²) in [6, 6.07) is 5.25. The number of carbonyl (C=O) groups is 1. The van der Waals surface area contributed by atoms with Crippen molar-refractivity contribution in [3.8, 4) is 0 Å². The molecule has 1 aromatic rings. The van der Waals surface area contributed by atoms with Gasteiger partial charge in [-0.15, -0.1) is 0 Å². The fraction of sp³-hybridized carbons (Fsp3) is 0.462. The van der Waals surface area contributed by atoms with E-state index in [0.29, 0.717) is 17.0 Å². The van der Waals surface area contributed by atoms with E-state index in [0.717, 1.165) is 5.56 Å². The van der Waals surface area contributed by atoms with Crippen LogP contribution in [0.5, 0.6) is 0 Å². The summed E-state index contributed by atoms with van der Waals surface area (Å²) in [6.07, 6.45) is 0.512. The average Bonchev–Trinajstić information content (AvgIpc) is 2.21. The van der Waals surface area contributed by atoms with Gasteiger partial charge in [-0.2, -0.15) is 0 Å². The lowest BCUT2D eigenvalue weighted by atomic mass is 9.99. The lowest BCUT2D eigenvalue weighted by molar-refractivity contribution is 0.0899. The number of hydrogen-bond donors (Lipinski definition) is 2. The Bertz CT molecular complexity index is 416. The molecule has 94 valence electrons. The number of carbonyl (C=O) groups excluding carboxylic acids is 1. The Kier molecular flexibility index (Phi) is 4.54. The first-order valence-electron chi connectivity index (χ1n) is 5.56. The first kappa shape index (κ1) is 14.0. The Morgan fingerprint density at radius 2 is 2.12 bits per heavy atom. The maximum absolute atomic E-state index is 12.1. The van der Waals surface area contributed by atoms with Crippen molar-refractivity contribution in [1.29, 1.82) is 0 Å². The van der Waals surface area contributed by atoms with Crippen molar-refractivity contribution in [3.05, 3.63) is 34.3 Å². The second-order valence-corrected chi connectivity index (χ2v) is 5.13. The molecule has 0 bridgehead atoms. The third-order valence-corrected chi connectivity index (χ3v) is 3.11. The van der Waals surface area contributed by atoms with Crippen LogP contribution in [0.15, 0.2) is 18.2 Å². The van der Waals surface area contributed by atoms with E-state index in [2.05, 4.69) is 5.32 Å². The van der Waals surface area contributed by atoms with E-state index in [1.54, 1.807) is 18.2 Å². The van der Waals surface area contributed by atoms with Gasteiger partial charge in [0.25, 0.3) is 5.91 Å². The zero-order valence-corrected chi connectivity index (χ0v) is 11.1. The Balaban J connectivity index is 2.87. The van der Waals surface area contributed by atoms with E-state index in [4.69, 9.17) is 16.7 Å². The van der Waals surface area contributed by atoms with Gasteiger partial charge in [-0.1, -0.05) is 17.7 Å². The maximum atomic E-state index is 12.1. The van der Waals surface area contributed by atoms with Gasteiger partial charge in [0, 0.05) is 22.7 Å². The molecular weight excluding hydrogens is 238 g/mol. The topological polar surface area (TPSA) is 49.3 Å². The molecule has 17 heavy (non-hydrogen) atoms. The SMILES string of the molecule is Cc1c(Cl)cccc1C(=O)NC(C)(C)CCO. The van der Waals surface area contributed by atoms with Crippen LogP contribution in [0.4, 0.5) is 0 Å². The summed E-state index contributed by atoms with van der Waals surface area (Å²) in [5.41, 5.74) is 0.913. The summed E-state index contributed by atoms with van der Waals surface area (Å²) in [4.78, 5) is 12.1. The van der Waals surface area contributed by atoms with Crippen LogP contribution in [0, 0.1) is 6.92 Å². The molecule has 1 amide bonds. The molecular formula is C13H18ClNO2. The molecule has 0 spiro atoms. The first-order chi connectivity index (χ1) is 7.87. The van der Waals surface area contributed by atoms with Crippen LogP contribution >= 0.6 is 11.6 Å². The second-order valence-electron chi connectivity index (χ2n) is 4.72. The third-order valence-electron chi connectivity index (χ3n) is 2.70. The Morgan fingerprint density at radius 3 is 2.71 bits per heavy atom. The number of rotatable bonds is 4. The van der Waals surface area contributed by atoms with Crippen molar-refractivity contribution < 1.29 is 9.90 Å². The van der Waals surface area contributed by atoms with Crippen molar-refractivity contribution in [3.63, 3.8) is 0 Å². The average molecular weight is 256 g/mol. The second kappa shape index (κ2) is 5.52. The minimum atomic E-state index is -0.430. The highest BCUT2D eigenvalue weighted by Gasteiger charge is 2.21. The highest BCUT2D eigenvalue weighted by Crippen LogP contribution is 2.19. The monoisotopic (exact) mass is 255 g/mol. The fourth-order valence-electron chi connectivity index (χ4n) is 1.57. The van der Waals surface area contributed by atoms with Crippen LogP contribution in [-0.4, -0.2) is 23.2 Å². The molecule has 0 unspecified atom stereocenters. The lowest BCUT2D eigenvalue weighted by Gasteiger charge is -2.25. The zero-order valence-electron chi connectivity index (χ0n) is 10.4. The molecule has 0 saturated heterocycles. The summed E-state index contributed by atoms with van der Waals surface area (Å²) in [5, 5.41) is 12.4. The fourth-order valence-corrected chi connectivity index (χ4v) is 1.74. The maximum Gasteiger partial charge on any atom is 0.252 e. The molecule has 0 saturated carbocycles. The number of aliphatic hydroxyl groups is 1. The van der Waals surface area contributed by atoms with Gasteiger partial charge in [-0.25, -0.2) is 0 Å². The molecule has 4 heteroatoms. The summed E-state index contributed by atoms with van der Waals surface area (Å²) >= 11 is 5.97. The van der Waals surface area contributed by atoms with Crippen LogP contribution in [0.3, 0.4) is 0 Å². The largest absolute Gasteiger partial charge is 0.396 e. The number of halogens is 1. The minimum absolute atomic E-state index is 0.0435. The number of amides is 1.